The molecule has 4 nitrogen and oxygen atoms in total. The van der Waals surface area contributed by atoms with Crippen LogP contribution < -0.4 is 0 Å². The van der Waals surface area contributed by atoms with Crippen molar-refractivity contribution in [3.8, 4) is 0 Å². The molecule has 1 aromatic heterocycles. The second kappa shape index (κ2) is 5.52. The molecule has 0 spiro atoms. The Kier molecular flexibility index (Phi) is 4.01. The molecule has 1 saturated carbocycles. The van der Waals surface area contributed by atoms with Gasteiger partial charge in [-0.3, -0.25) is 4.79 Å². The predicted octanol–water partition coefficient (Wildman–Crippen LogP) is 2.71. The Morgan fingerprint density at radius 1 is 1.39 bits per heavy atom. The topological polar surface area (TPSA) is 57.6 Å². The van der Waals surface area contributed by atoms with Gasteiger partial charge in [-0.25, -0.2) is 4.79 Å². The van der Waals surface area contributed by atoms with E-state index in [9.17, 15) is 9.59 Å². The van der Waals surface area contributed by atoms with Crippen molar-refractivity contribution in [1.82, 2.24) is 4.90 Å². The fourth-order valence-corrected chi connectivity index (χ4v) is 2.69. The molecule has 1 N–H and O–H groups in total. The first-order valence-electron chi connectivity index (χ1n) is 6.24. The number of nitrogens with zero attached hydrogens (tertiary/aromatic N) is 1. The number of rotatable bonds is 6. The van der Waals surface area contributed by atoms with Crippen LogP contribution in [0, 0.1) is 5.92 Å². The number of hydrogen-bond donors (Lipinski definition) is 1. The minimum absolute atomic E-state index is 0.0266. The molecule has 2 rings (SSSR count). The van der Waals surface area contributed by atoms with E-state index in [1.165, 1.54) is 18.9 Å². The summed E-state index contributed by atoms with van der Waals surface area (Å²) in [7, 11) is 0. The molecule has 18 heavy (non-hydrogen) atoms. The molecule has 1 heterocycles. The zero-order chi connectivity index (χ0) is 13.1. The van der Waals surface area contributed by atoms with Crippen LogP contribution >= 0.6 is 11.3 Å². The summed E-state index contributed by atoms with van der Waals surface area (Å²) >= 11 is 1.06. The fourth-order valence-electron chi connectivity index (χ4n) is 1.88. The highest BCUT2D eigenvalue weighted by Crippen LogP contribution is 2.30. The number of carbonyl (C=O) groups is 2. The summed E-state index contributed by atoms with van der Waals surface area (Å²) in [6.45, 7) is 3.60. The summed E-state index contributed by atoms with van der Waals surface area (Å²) in [5.41, 5.74) is 0. The second-order valence-corrected chi connectivity index (χ2v) is 5.75. The van der Waals surface area contributed by atoms with E-state index < -0.39 is 5.97 Å². The minimum Gasteiger partial charge on any atom is -0.477 e. The van der Waals surface area contributed by atoms with Gasteiger partial charge in [0.05, 0.1) is 4.88 Å². The fraction of sp³-hybridized carbons (Fsp3) is 0.538. The van der Waals surface area contributed by atoms with Gasteiger partial charge < -0.3 is 10.0 Å². The highest BCUT2D eigenvalue weighted by molar-refractivity contribution is 7.15. The van der Waals surface area contributed by atoms with Gasteiger partial charge in [0.25, 0.3) is 5.91 Å². The van der Waals surface area contributed by atoms with Crippen molar-refractivity contribution in [3.63, 3.8) is 0 Å². The monoisotopic (exact) mass is 267 g/mol. The van der Waals surface area contributed by atoms with E-state index in [-0.39, 0.29) is 10.8 Å². The average Bonchev–Trinajstić information content (AvgIpc) is 3.01. The lowest BCUT2D eigenvalue weighted by Gasteiger charge is -2.21. The van der Waals surface area contributed by atoms with Gasteiger partial charge in [0.1, 0.15) is 4.88 Å². The first kappa shape index (κ1) is 13.1. The van der Waals surface area contributed by atoms with E-state index in [1.807, 2.05) is 11.8 Å². The standard InChI is InChI=1S/C13H17NO3S/c1-2-7-14(8-9-3-4-9)12(15)10-5-6-11(18-10)13(16)17/h5-6,9H,2-4,7-8H2,1H3,(H,16,17). The lowest BCUT2D eigenvalue weighted by Crippen LogP contribution is -2.33. The summed E-state index contributed by atoms with van der Waals surface area (Å²) in [5.74, 6) is -0.344. The Morgan fingerprint density at radius 2 is 2.06 bits per heavy atom. The number of amides is 1. The van der Waals surface area contributed by atoms with Gasteiger partial charge in [0, 0.05) is 13.1 Å². The first-order valence-corrected chi connectivity index (χ1v) is 7.06. The maximum Gasteiger partial charge on any atom is 0.345 e. The maximum atomic E-state index is 12.3. The predicted molar refractivity (Wildman–Crippen MR) is 70.2 cm³/mol. The molecule has 0 saturated heterocycles. The quantitative estimate of drug-likeness (QED) is 0.862. The van der Waals surface area contributed by atoms with Crippen molar-refractivity contribution in [2.75, 3.05) is 13.1 Å². The summed E-state index contributed by atoms with van der Waals surface area (Å²) < 4.78 is 0. The van der Waals surface area contributed by atoms with Gasteiger partial charge in [-0.15, -0.1) is 11.3 Å². The van der Waals surface area contributed by atoms with Crippen molar-refractivity contribution in [1.29, 1.82) is 0 Å². The van der Waals surface area contributed by atoms with Gasteiger partial charge in [0.15, 0.2) is 0 Å². The van der Waals surface area contributed by atoms with Gasteiger partial charge in [-0.05, 0) is 37.3 Å². The molecule has 0 aliphatic heterocycles. The number of carboxylic acid groups (broad SMARTS) is 1. The van der Waals surface area contributed by atoms with Crippen LogP contribution in [0.4, 0.5) is 0 Å². The Bertz CT molecular complexity index is 451. The van der Waals surface area contributed by atoms with Crippen molar-refractivity contribution >= 4 is 23.2 Å². The Labute approximate surface area is 110 Å². The Morgan fingerprint density at radius 3 is 2.56 bits per heavy atom. The first-order chi connectivity index (χ1) is 8.61. The third-order valence-corrected chi connectivity index (χ3v) is 4.05. The largest absolute Gasteiger partial charge is 0.477 e. The number of carboxylic acids is 1. The molecule has 0 unspecified atom stereocenters. The van der Waals surface area contributed by atoms with Crippen LogP contribution in [-0.4, -0.2) is 35.0 Å². The van der Waals surface area contributed by atoms with E-state index in [1.54, 1.807) is 6.07 Å². The van der Waals surface area contributed by atoms with Crippen molar-refractivity contribution in [2.45, 2.75) is 26.2 Å². The van der Waals surface area contributed by atoms with Gasteiger partial charge in [-0.2, -0.15) is 0 Å². The maximum absolute atomic E-state index is 12.3. The molecule has 1 amide bonds. The van der Waals surface area contributed by atoms with E-state index in [2.05, 4.69) is 0 Å². The molecule has 0 bridgehead atoms. The number of thiophene rings is 1. The lowest BCUT2D eigenvalue weighted by molar-refractivity contribution is 0.0701. The highest BCUT2D eigenvalue weighted by Gasteiger charge is 2.27. The van der Waals surface area contributed by atoms with Gasteiger partial charge in [-0.1, -0.05) is 6.92 Å². The van der Waals surface area contributed by atoms with E-state index in [0.717, 1.165) is 30.8 Å². The summed E-state index contributed by atoms with van der Waals surface area (Å²) in [6.07, 6.45) is 3.34. The van der Waals surface area contributed by atoms with Gasteiger partial charge in [0.2, 0.25) is 0 Å². The van der Waals surface area contributed by atoms with Crippen LogP contribution in [0.2, 0.25) is 0 Å². The molecular weight excluding hydrogens is 250 g/mol. The molecular formula is C13H17NO3S. The molecule has 1 aliphatic carbocycles. The minimum atomic E-state index is -0.969. The molecule has 0 radical (unpaired) electrons. The molecule has 5 heteroatoms. The average molecular weight is 267 g/mol. The third kappa shape index (κ3) is 3.10. The van der Waals surface area contributed by atoms with E-state index in [0.29, 0.717) is 10.8 Å². The normalized spacial score (nSPS) is 14.5. The summed E-state index contributed by atoms with van der Waals surface area (Å²) in [4.78, 5) is 25.7. The number of carbonyl (C=O) groups excluding carboxylic acids is 1. The summed E-state index contributed by atoms with van der Waals surface area (Å²) in [6, 6.07) is 3.12. The van der Waals surface area contributed by atoms with Crippen molar-refractivity contribution in [2.24, 2.45) is 5.92 Å². The smallest absolute Gasteiger partial charge is 0.345 e. The Balaban J connectivity index is 2.07. The molecule has 98 valence electrons. The van der Waals surface area contributed by atoms with Crippen LogP contribution in [0.3, 0.4) is 0 Å². The molecule has 0 aromatic carbocycles. The van der Waals surface area contributed by atoms with Crippen LogP contribution in [0.15, 0.2) is 12.1 Å². The number of hydrogen-bond acceptors (Lipinski definition) is 3. The zero-order valence-electron chi connectivity index (χ0n) is 10.4. The van der Waals surface area contributed by atoms with E-state index >= 15 is 0 Å². The molecule has 1 fully saturated rings. The van der Waals surface area contributed by atoms with Crippen LogP contribution in [0.25, 0.3) is 0 Å². The van der Waals surface area contributed by atoms with Crippen LogP contribution in [-0.2, 0) is 0 Å². The van der Waals surface area contributed by atoms with Crippen LogP contribution in [0.1, 0.15) is 45.5 Å². The number of aromatic carboxylic acids is 1. The molecule has 0 atom stereocenters. The lowest BCUT2D eigenvalue weighted by atomic mass is 10.3. The van der Waals surface area contributed by atoms with E-state index in [4.69, 9.17) is 5.11 Å². The van der Waals surface area contributed by atoms with Crippen molar-refractivity contribution in [3.05, 3.63) is 21.9 Å². The van der Waals surface area contributed by atoms with Gasteiger partial charge >= 0.3 is 5.97 Å². The van der Waals surface area contributed by atoms with Crippen LogP contribution in [0.5, 0.6) is 0 Å². The molecule has 1 aliphatic rings. The SMILES string of the molecule is CCCN(CC1CC1)C(=O)c1ccc(C(=O)O)s1. The highest BCUT2D eigenvalue weighted by atomic mass is 32.1. The third-order valence-electron chi connectivity index (χ3n) is 2.98. The summed E-state index contributed by atoms with van der Waals surface area (Å²) in [5, 5.41) is 8.86. The second-order valence-electron chi connectivity index (χ2n) is 4.66. The van der Waals surface area contributed by atoms with Crippen molar-refractivity contribution < 1.29 is 14.7 Å². The molecule has 1 aromatic rings. The Hall–Kier alpha value is -1.36. The zero-order valence-corrected chi connectivity index (χ0v) is 11.2.